The summed E-state index contributed by atoms with van der Waals surface area (Å²) in [4.78, 5) is 32.1. The average molecular weight is 481 g/mol. The number of carbonyl (C=O) groups excluding carboxylic acids is 1. The average Bonchev–Trinajstić information content (AvgIpc) is 3.16. The van der Waals surface area contributed by atoms with E-state index in [0.717, 1.165) is 54.0 Å². The minimum absolute atomic E-state index is 0.0293. The van der Waals surface area contributed by atoms with Gasteiger partial charge in [-0.15, -0.1) is 0 Å². The van der Waals surface area contributed by atoms with Gasteiger partial charge < -0.3 is 9.13 Å². The number of aromatic nitrogens is 3. The Hall–Kier alpha value is -2.67. The van der Waals surface area contributed by atoms with Crippen LogP contribution < -0.4 is 10.5 Å². The lowest BCUT2D eigenvalue weighted by Crippen LogP contribution is -2.41. The van der Waals surface area contributed by atoms with Crippen LogP contribution in [0.25, 0.3) is 11.1 Å². The second-order valence-electron chi connectivity index (χ2n) is 8.32. The maximum Gasteiger partial charge on any atom is 0.276 e. The van der Waals surface area contributed by atoms with Crippen LogP contribution in [0.2, 0.25) is 0 Å². The van der Waals surface area contributed by atoms with Crippen molar-refractivity contribution in [3.63, 3.8) is 0 Å². The van der Waals surface area contributed by atoms with Gasteiger partial charge in [-0.25, -0.2) is 4.98 Å². The summed E-state index contributed by atoms with van der Waals surface area (Å²) in [6.45, 7) is 3.50. The van der Waals surface area contributed by atoms with Gasteiger partial charge in [-0.2, -0.15) is 0 Å². The molecule has 0 atom stereocenters. The third-order valence-electron chi connectivity index (χ3n) is 6.51. The van der Waals surface area contributed by atoms with Gasteiger partial charge in [0, 0.05) is 43.8 Å². The first-order valence-corrected chi connectivity index (χ1v) is 11.7. The normalized spacial score (nSPS) is 15.7. The fraction of sp³-hybridized carbons (Fsp3) is 0.375. The molecule has 0 spiro atoms. The second kappa shape index (κ2) is 7.79. The molecule has 0 fully saturated rings. The first kappa shape index (κ1) is 20.2. The Morgan fingerprint density at radius 3 is 2.71 bits per heavy atom. The van der Waals surface area contributed by atoms with E-state index in [1.54, 1.807) is 17.8 Å². The van der Waals surface area contributed by atoms with Crippen molar-refractivity contribution in [2.75, 3.05) is 11.4 Å². The molecule has 0 bridgehead atoms. The molecule has 5 rings (SSSR count). The van der Waals surface area contributed by atoms with Gasteiger partial charge >= 0.3 is 0 Å². The van der Waals surface area contributed by atoms with Gasteiger partial charge in [0.2, 0.25) is 0 Å². The number of amides is 1. The number of pyridine rings is 2. The Balaban J connectivity index is 1.59. The highest BCUT2D eigenvalue weighted by atomic mass is 79.9. The second-order valence-corrected chi connectivity index (χ2v) is 9.18. The van der Waals surface area contributed by atoms with Crippen molar-refractivity contribution < 1.29 is 4.79 Å². The number of carbonyl (C=O) groups is 1. The molecule has 0 aromatic carbocycles. The third kappa shape index (κ3) is 3.26. The zero-order chi connectivity index (χ0) is 21.7. The number of hydrogen-bond acceptors (Lipinski definition) is 3. The summed E-state index contributed by atoms with van der Waals surface area (Å²) in [6.07, 6.45) is 8.87. The van der Waals surface area contributed by atoms with Crippen LogP contribution >= 0.6 is 15.9 Å². The molecule has 3 aromatic rings. The topological polar surface area (TPSA) is 60.1 Å². The Morgan fingerprint density at radius 1 is 1.13 bits per heavy atom. The van der Waals surface area contributed by atoms with Crippen molar-refractivity contribution in [1.29, 1.82) is 0 Å². The molecule has 2 aliphatic rings. The van der Waals surface area contributed by atoms with Crippen LogP contribution in [0.3, 0.4) is 0 Å². The first-order chi connectivity index (χ1) is 15.0. The lowest BCUT2D eigenvalue weighted by molar-refractivity contribution is 0.0963. The predicted octanol–water partition coefficient (Wildman–Crippen LogP) is 4.11. The van der Waals surface area contributed by atoms with E-state index in [2.05, 4.69) is 38.5 Å². The Labute approximate surface area is 189 Å². The summed E-state index contributed by atoms with van der Waals surface area (Å²) in [5.74, 6) is 0.752. The highest BCUT2D eigenvalue weighted by Crippen LogP contribution is 2.34. The van der Waals surface area contributed by atoms with E-state index in [1.807, 2.05) is 23.2 Å². The smallest absolute Gasteiger partial charge is 0.276 e. The van der Waals surface area contributed by atoms with E-state index in [-0.39, 0.29) is 11.5 Å². The van der Waals surface area contributed by atoms with Crippen LogP contribution in [0.1, 0.15) is 47.1 Å². The number of halogens is 1. The van der Waals surface area contributed by atoms with Gasteiger partial charge in [-0.1, -0.05) is 6.92 Å². The maximum atomic E-state index is 13.5. The van der Waals surface area contributed by atoms with E-state index in [1.165, 1.54) is 24.1 Å². The van der Waals surface area contributed by atoms with Gasteiger partial charge in [0.15, 0.2) is 0 Å². The van der Waals surface area contributed by atoms with E-state index in [4.69, 9.17) is 0 Å². The highest BCUT2D eigenvalue weighted by Gasteiger charge is 2.32. The minimum Gasteiger partial charge on any atom is -0.339 e. The molecule has 0 saturated heterocycles. The lowest BCUT2D eigenvalue weighted by atomic mass is 9.98. The van der Waals surface area contributed by atoms with Gasteiger partial charge in [-0.3, -0.25) is 14.5 Å². The first-order valence-electron chi connectivity index (χ1n) is 10.9. The monoisotopic (exact) mass is 480 g/mol. The van der Waals surface area contributed by atoms with Crippen LogP contribution in [0.5, 0.6) is 0 Å². The molecule has 0 radical (unpaired) electrons. The Kier molecular flexibility index (Phi) is 5.08. The molecule has 0 unspecified atom stereocenters. The quantitative estimate of drug-likeness (QED) is 0.566. The summed E-state index contributed by atoms with van der Waals surface area (Å²) in [5, 5.41) is 0. The summed E-state index contributed by atoms with van der Waals surface area (Å²) in [5.41, 5.74) is 6.34. The summed E-state index contributed by atoms with van der Waals surface area (Å²) < 4.78 is 4.32. The molecule has 6 nitrogen and oxygen atoms in total. The molecule has 0 N–H and O–H groups in total. The van der Waals surface area contributed by atoms with Crippen molar-refractivity contribution in [3.05, 3.63) is 67.9 Å². The summed E-state index contributed by atoms with van der Waals surface area (Å²) in [6, 6.07) is 5.91. The van der Waals surface area contributed by atoms with Crippen molar-refractivity contribution in [2.45, 2.75) is 45.6 Å². The molecular formula is C24H25BrN4O2. The largest absolute Gasteiger partial charge is 0.339 e. The number of rotatable bonds is 3. The van der Waals surface area contributed by atoms with Crippen LogP contribution in [-0.2, 0) is 32.9 Å². The SMILES string of the molecule is CCc1c(-c2cc(Br)c(=O)n(C)c2)ccnc1N1CCn2c(cc3c2CCCC3)C1=O. The summed E-state index contributed by atoms with van der Waals surface area (Å²) >= 11 is 3.37. The highest BCUT2D eigenvalue weighted by molar-refractivity contribution is 9.10. The van der Waals surface area contributed by atoms with E-state index in [0.29, 0.717) is 11.0 Å². The number of nitrogens with zero attached hydrogens (tertiary/aromatic N) is 4. The van der Waals surface area contributed by atoms with Crippen molar-refractivity contribution in [3.8, 4) is 11.1 Å². The van der Waals surface area contributed by atoms with Crippen LogP contribution in [-0.4, -0.2) is 26.6 Å². The molecule has 1 aliphatic carbocycles. The van der Waals surface area contributed by atoms with Crippen molar-refractivity contribution in [2.24, 2.45) is 7.05 Å². The zero-order valence-electron chi connectivity index (χ0n) is 17.8. The number of hydrogen-bond donors (Lipinski definition) is 0. The van der Waals surface area contributed by atoms with E-state index in [9.17, 15) is 9.59 Å². The lowest BCUT2D eigenvalue weighted by Gasteiger charge is -2.30. The van der Waals surface area contributed by atoms with Crippen LogP contribution in [0, 0.1) is 0 Å². The predicted molar refractivity (Wildman–Crippen MR) is 125 cm³/mol. The van der Waals surface area contributed by atoms with Crippen molar-refractivity contribution in [1.82, 2.24) is 14.1 Å². The van der Waals surface area contributed by atoms with Gasteiger partial charge in [-0.05, 0) is 82.9 Å². The number of anilines is 1. The van der Waals surface area contributed by atoms with Crippen molar-refractivity contribution >= 4 is 27.7 Å². The molecular weight excluding hydrogens is 456 g/mol. The standard InChI is InChI=1S/C24H25BrN4O2/c1-3-17-18(16-12-19(25)23(30)27(2)14-16)8-9-26-22(17)29-11-10-28-20-7-5-4-6-15(20)13-21(28)24(29)31/h8-9,12-14H,3-7,10-11H2,1-2H3. The van der Waals surface area contributed by atoms with Crippen LogP contribution in [0.4, 0.5) is 5.82 Å². The molecule has 1 amide bonds. The Morgan fingerprint density at radius 2 is 1.94 bits per heavy atom. The van der Waals surface area contributed by atoms with Gasteiger partial charge in [0.05, 0.1) is 4.47 Å². The molecule has 1 aliphatic heterocycles. The molecule has 31 heavy (non-hydrogen) atoms. The zero-order valence-corrected chi connectivity index (χ0v) is 19.4. The fourth-order valence-corrected chi connectivity index (χ4v) is 5.52. The van der Waals surface area contributed by atoms with Crippen LogP contribution in [0.15, 0.2) is 39.9 Å². The maximum absolute atomic E-state index is 13.5. The molecule has 0 saturated carbocycles. The summed E-state index contributed by atoms with van der Waals surface area (Å²) in [7, 11) is 1.74. The molecule has 3 aromatic heterocycles. The van der Waals surface area contributed by atoms with Gasteiger partial charge in [0.25, 0.3) is 11.5 Å². The number of aryl methyl sites for hydroxylation is 2. The molecule has 4 heterocycles. The fourth-order valence-electron chi connectivity index (χ4n) is 4.99. The third-order valence-corrected chi connectivity index (χ3v) is 7.08. The Bertz CT molecular complexity index is 1230. The van der Waals surface area contributed by atoms with Gasteiger partial charge in [0.1, 0.15) is 11.5 Å². The molecule has 7 heteroatoms. The minimum atomic E-state index is -0.0768. The van der Waals surface area contributed by atoms with E-state index < -0.39 is 0 Å². The molecule has 160 valence electrons. The number of fused-ring (bicyclic) bond motifs is 3. The van der Waals surface area contributed by atoms with E-state index >= 15 is 0 Å².